The van der Waals surface area contributed by atoms with Gasteiger partial charge in [-0.2, -0.15) is 0 Å². The zero-order valence-electron chi connectivity index (χ0n) is 11.0. The Kier molecular flexibility index (Phi) is 3.36. The molecule has 1 heterocycles. The number of nitro groups is 1. The predicted molar refractivity (Wildman–Crippen MR) is 81.4 cm³/mol. The Bertz CT molecular complexity index is 673. The van der Waals surface area contributed by atoms with Crippen LogP contribution in [0.4, 0.5) is 11.4 Å². The summed E-state index contributed by atoms with van der Waals surface area (Å²) in [6.45, 7) is 1.86. The predicted octanol–water partition coefficient (Wildman–Crippen LogP) is 4.16. The van der Waals surface area contributed by atoms with Gasteiger partial charge in [-0.25, -0.2) is 0 Å². The van der Waals surface area contributed by atoms with E-state index in [4.69, 9.17) is 0 Å². The van der Waals surface area contributed by atoms with Gasteiger partial charge in [0.2, 0.25) is 0 Å². The average Bonchev–Trinajstić information content (AvgIpc) is 2.84. The third kappa shape index (κ3) is 2.36. The van der Waals surface area contributed by atoms with Crippen LogP contribution in [0.25, 0.3) is 0 Å². The molecule has 1 atom stereocenters. The minimum atomic E-state index is -0.330. The van der Waals surface area contributed by atoms with E-state index in [1.807, 2.05) is 25.1 Å². The first-order valence-corrected chi connectivity index (χ1v) is 7.37. The highest BCUT2D eigenvalue weighted by atomic mass is 32.2. The van der Waals surface area contributed by atoms with Crippen molar-refractivity contribution >= 4 is 23.1 Å². The Balaban J connectivity index is 1.92. The Morgan fingerprint density at radius 3 is 2.90 bits per heavy atom. The van der Waals surface area contributed by atoms with Gasteiger partial charge in [-0.1, -0.05) is 24.3 Å². The van der Waals surface area contributed by atoms with E-state index in [0.29, 0.717) is 5.69 Å². The molecule has 1 aliphatic rings. The number of nitrogens with one attached hydrogen (secondary N) is 1. The minimum Gasteiger partial charge on any atom is -0.372 e. The number of fused-ring (bicyclic) bond motifs is 1. The number of nitrogens with zero attached hydrogens (tertiary/aromatic N) is 1. The molecule has 1 unspecified atom stereocenters. The Hall–Kier alpha value is -2.01. The fourth-order valence-electron chi connectivity index (χ4n) is 2.38. The molecule has 0 amide bonds. The van der Waals surface area contributed by atoms with E-state index < -0.39 is 0 Å². The molecular formula is C15H14N2O2S. The third-order valence-corrected chi connectivity index (χ3v) is 4.56. The van der Waals surface area contributed by atoms with Crippen molar-refractivity contribution in [2.75, 3.05) is 11.1 Å². The van der Waals surface area contributed by atoms with Crippen LogP contribution in [0.5, 0.6) is 0 Å². The Morgan fingerprint density at radius 1 is 1.30 bits per heavy atom. The lowest BCUT2D eigenvalue weighted by atomic mass is 10.1. The molecule has 3 rings (SSSR count). The highest BCUT2D eigenvalue weighted by molar-refractivity contribution is 7.99. The molecule has 0 saturated carbocycles. The van der Waals surface area contributed by atoms with E-state index in [2.05, 4.69) is 17.4 Å². The van der Waals surface area contributed by atoms with Crippen LogP contribution in [-0.2, 0) is 0 Å². The van der Waals surface area contributed by atoms with Crippen LogP contribution in [0.3, 0.4) is 0 Å². The largest absolute Gasteiger partial charge is 0.372 e. The van der Waals surface area contributed by atoms with Gasteiger partial charge in [0.05, 0.1) is 11.0 Å². The van der Waals surface area contributed by atoms with Crippen molar-refractivity contribution in [3.05, 3.63) is 63.7 Å². The van der Waals surface area contributed by atoms with Gasteiger partial charge >= 0.3 is 0 Å². The molecule has 2 aromatic carbocycles. The Labute approximate surface area is 121 Å². The summed E-state index contributed by atoms with van der Waals surface area (Å²) in [6.07, 6.45) is 0. The van der Waals surface area contributed by atoms with E-state index in [1.54, 1.807) is 23.9 Å². The van der Waals surface area contributed by atoms with Crippen molar-refractivity contribution < 1.29 is 4.92 Å². The average molecular weight is 286 g/mol. The summed E-state index contributed by atoms with van der Waals surface area (Å²) < 4.78 is 0. The summed E-state index contributed by atoms with van der Waals surface area (Å²) in [5.74, 6) is 0.893. The van der Waals surface area contributed by atoms with Crippen LogP contribution in [0, 0.1) is 17.0 Å². The second-order valence-electron chi connectivity index (χ2n) is 4.82. The van der Waals surface area contributed by atoms with Crippen LogP contribution in [-0.4, -0.2) is 10.7 Å². The van der Waals surface area contributed by atoms with Crippen LogP contribution in [0.1, 0.15) is 17.2 Å². The summed E-state index contributed by atoms with van der Waals surface area (Å²) in [5, 5.41) is 14.5. The summed E-state index contributed by atoms with van der Waals surface area (Å²) in [4.78, 5) is 12.1. The standard InChI is InChI=1S/C15H14N2O2S/c1-10-6-7-12(14(8-10)17(18)19)16-13-9-20-15-5-3-2-4-11(13)15/h2-8,13,16H,9H2,1H3. The molecular weight excluding hydrogens is 272 g/mol. The molecule has 0 aliphatic carbocycles. The molecule has 0 radical (unpaired) electrons. The molecule has 2 aromatic rings. The first kappa shape index (κ1) is 13.0. The van der Waals surface area contributed by atoms with Crippen LogP contribution in [0.15, 0.2) is 47.4 Å². The van der Waals surface area contributed by atoms with E-state index in [0.717, 1.165) is 11.3 Å². The van der Waals surface area contributed by atoms with E-state index in [-0.39, 0.29) is 16.7 Å². The summed E-state index contributed by atoms with van der Waals surface area (Å²) in [5.41, 5.74) is 2.83. The van der Waals surface area contributed by atoms with Gasteiger partial charge in [-0.15, -0.1) is 11.8 Å². The molecule has 102 valence electrons. The molecule has 0 aromatic heterocycles. The summed E-state index contributed by atoms with van der Waals surface area (Å²) >= 11 is 1.78. The summed E-state index contributed by atoms with van der Waals surface area (Å²) in [6, 6.07) is 13.6. The molecule has 1 aliphatic heterocycles. The van der Waals surface area contributed by atoms with Gasteiger partial charge in [0, 0.05) is 16.7 Å². The van der Waals surface area contributed by atoms with Gasteiger partial charge in [-0.3, -0.25) is 10.1 Å². The molecule has 0 saturated heterocycles. The quantitative estimate of drug-likeness (QED) is 0.680. The second kappa shape index (κ2) is 5.17. The molecule has 1 N–H and O–H groups in total. The number of hydrogen-bond donors (Lipinski definition) is 1. The topological polar surface area (TPSA) is 55.2 Å². The third-order valence-electron chi connectivity index (χ3n) is 3.38. The molecule has 0 fully saturated rings. The number of rotatable bonds is 3. The SMILES string of the molecule is Cc1ccc(NC2CSc3ccccc32)c([N+](=O)[O-])c1. The van der Waals surface area contributed by atoms with Crippen molar-refractivity contribution in [2.45, 2.75) is 17.9 Å². The number of aryl methyl sites for hydroxylation is 1. The molecule has 4 nitrogen and oxygen atoms in total. The second-order valence-corrected chi connectivity index (χ2v) is 5.89. The first-order valence-electron chi connectivity index (χ1n) is 6.38. The fourth-order valence-corrected chi connectivity index (χ4v) is 3.55. The van der Waals surface area contributed by atoms with Gasteiger partial charge < -0.3 is 5.32 Å². The lowest BCUT2D eigenvalue weighted by Crippen LogP contribution is -2.11. The van der Waals surface area contributed by atoms with Crippen LogP contribution < -0.4 is 5.32 Å². The van der Waals surface area contributed by atoms with E-state index in [9.17, 15) is 10.1 Å². The number of anilines is 1. The number of benzene rings is 2. The van der Waals surface area contributed by atoms with Gasteiger partial charge in [-0.05, 0) is 30.2 Å². The van der Waals surface area contributed by atoms with Gasteiger partial charge in [0.25, 0.3) is 5.69 Å². The minimum absolute atomic E-state index is 0.123. The highest BCUT2D eigenvalue weighted by Crippen LogP contribution is 2.40. The number of thioether (sulfide) groups is 1. The molecule has 0 bridgehead atoms. The van der Waals surface area contributed by atoms with Crippen LogP contribution in [0.2, 0.25) is 0 Å². The monoisotopic (exact) mass is 286 g/mol. The molecule has 5 heteroatoms. The van der Waals surface area contributed by atoms with Crippen molar-refractivity contribution in [3.8, 4) is 0 Å². The zero-order chi connectivity index (χ0) is 14.1. The number of nitro benzene ring substituents is 1. The smallest absolute Gasteiger partial charge is 0.292 e. The fraction of sp³-hybridized carbons (Fsp3) is 0.200. The zero-order valence-corrected chi connectivity index (χ0v) is 11.8. The van der Waals surface area contributed by atoms with E-state index in [1.165, 1.54) is 10.5 Å². The van der Waals surface area contributed by atoms with Crippen molar-refractivity contribution in [1.82, 2.24) is 0 Å². The van der Waals surface area contributed by atoms with Crippen molar-refractivity contribution in [2.24, 2.45) is 0 Å². The highest BCUT2D eigenvalue weighted by Gasteiger charge is 2.25. The van der Waals surface area contributed by atoms with E-state index >= 15 is 0 Å². The maximum atomic E-state index is 11.2. The lowest BCUT2D eigenvalue weighted by Gasteiger charge is -2.15. The normalized spacial score (nSPS) is 16.8. The molecule has 20 heavy (non-hydrogen) atoms. The lowest BCUT2D eigenvalue weighted by molar-refractivity contribution is -0.384. The maximum absolute atomic E-state index is 11.2. The van der Waals surface area contributed by atoms with Crippen LogP contribution >= 0.6 is 11.8 Å². The Morgan fingerprint density at radius 2 is 2.10 bits per heavy atom. The van der Waals surface area contributed by atoms with Crippen molar-refractivity contribution in [1.29, 1.82) is 0 Å². The van der Waals surface area contributed by atoms with Gasteiger partial charge in [0.1, 0.15) is 5.69 Å². The van der Waals surface area contributed by atoms with Crippen molar-refractivity contribution in [3.63, 3.8) is 0 Å². The number of hydrogen-bond acceptors (Lipinski definition) is 4. The summed E-state index contributed by atoms with van der Waals surface area (Å²) in [7, 11) is 0. The maximum Gasteiger partial charge on any atom is 0.292 e. The molecule has 0 spiro atoms. The van der Waals surface area contributed by atoms with Gasteiger partial charge in [0.15, 0.2) is 0 Å². The first-order chi connectivity index (χ1) is 9.65.